The molecule has 0 saturated carbocycles. The van der Waals surface area contributed by atoms with Crippen molar-refractivity contribution >= 4 is 35.0 Å². The lowest BCUT2D eigenvalue weighted by molar-refractivity contribution is 0.0743. The van der Waals surface area contributed by atoms with Crippen molar-refractivity contribution < 1.29 is 4.79 Å². The van der Waals surface area contributed by atoms with Crippen LogP contribution in [-0.2, 0) is 0 Å². The minimum atomic E-state index is 0.145. The Morgan fingerprint density at radius 3 is 3.13 bits per heavy atom. The van der Waals surface area contributed by atoms with Gasteiger partial charge in [-0.05, 0) is 43.0 Å². The van der Waals surface area contributed by atoms with Crippen LogP contribution in [0.5, 0.6) is 0 Å². The number of thiophene rings is 1. The number of carbonyl (C=O) groups is 1. The molecule has 1 N–H and O–H groups in total. The fourth-order valence-corrected chi connectivity index (χ4v) is 4.00. The van der Waals surface area contributed by atoms with E-state index in [1.54, 1.807) is 29.3 Å². The van der Waals surface area contributed by atoms with E-state index in [0.717, 1.165) is 35.5 Å². The fourth-order valence-electron chi connectivity index (χ4n) is 2.80. The number of aromatic nitrogens is 2. The van der Waals surface area contributed by atoms with Gasteiger partial charge in [0.05, 0.1) is 5.56 Å². The second-order valence-corrected chi connectivity index (χ2v) is 7.14. The van der Waals surface area contributed by atoms with E-state index in [2.05, 4.69) is 15.3 Å². The molecule has 0 aliphatic carbocycles. The van der Waals surface area contributed by atoms with Crippen molar-refractivity contribution in [2.45, 2.75) is 30.8 Å². The topological polar surface area (TPSA) is 58.1 Å². The van der Waals surface area contributed by atoms with E-state index in [0.29, 0.717) is 12.5 Å². The number of hydrogen-bond acceptors (Lipinski definition) is 6. The third kappa shape index (κ3) is 3.67. The van der Waals surface area contributed by atoms with E-state index >= 15 is 0 Å². The van der Waals surface area contributed by atoms with Gasteiger partial charge in [-0.15, -0.1) is 11.8 Å². The van der Waals surface area contributed by atoms with Crippen LogP contribution in [0.25, 0.3) is 0 Å². The number of rotatable bonds is 5. The zero-order chi connectivity index (χ0) is 16.2. The number of hydrogen-bond donors (Lipinski definition) is 1. The van der Waals surface area contributed by atoms with Crippen LogP contribution in [0.3, 0.4) is 0 Å². The maximum Gasteiger partial charge on any atom is 0.255 e. The summed E-state index contributed by atoms with van der Waals surface area (Å²) in [7, 11) is 0. The van der Waals surface area contributed by atoms with Crippen LogP contribution >= 0.6 is 23.1 Å². The van der Waals surface area contributed by atoms with Gasteiger partial charge in [0, 0.05) is 30.7 Å². The molecule has 1 aliphatic heterocycles. The summed E-state index contributed by atoms with van der Waals surface area (Å²) in [5, 5.41) is 8.20. The minimum Gasteiger partial charge on any atom is -0.352 e. The Morgan fingerprint density at radius 1 is 1.52 bits per heavy atom. The number of carbonyl (C=O) groups excluding carboxylic acids is 1. The molecule has 1 atom stereocenters. The lowest BCUT2D eigenvalue weighted by Crippen LogP contribution is -2.39. The molecule has 3 rings (SSSR count). The summed E-state index contributed by atoms with van der Waals surface area (Å²) in [5.41, 5.74) is 1.90. The molecule has 1 unspecified atom stereocenters. The predicted octanol–water partition coefficient (Wildman–Crippen LogP) is 3.29. The number of nitrogens with zero attached hydrogens (tertiary/aromatic N) is 3. The van der Waals surface area contributed by atoms with Crippen molar-refractivity contribution in [2.75, 3.05) is 24.7 Å². The summed E-state index contributed by atoms with van der Waals surface area (Å²) in [6, 6.07) is 2.09. The molecule has 1 aliphatic rings. The summed E-state index contributed by atoms with van der Waals surface area (Å²) >= 11 is 3.18. The molecule has 3 heterocycles. The largest absolute Gasteiger partial charge is 0.352 e. The SMILES string of the molecule is CSc1ccnc(NCC2CCCN2C(=O)c2cscc2C)n1. The zero-order valence-electron chi connectivity index (χ0n) is 13.3. The number of thioether (sulfide) groups is 1. The summed E-state index contributed by atoms with van der Waals surface area (Å²) in [4.78, 5) is 23.4. The van der Waals surface area contributed by atoms with Crippen LogP contribution in [-0.4, -0.2) is 46.2 Å². The normalized spacial score (nSPS) is 17.5. The van der Waals surface area contributed by atoms with E-state index in [-0.39, 0.29) is 11.9 Å². The summed E-state index contributed by atoms with van der Waals surface area (Å²) in [6.07, 6.45) is 5.82. The first-order valence-corrected chi connectivity index (χ1v) is 9.80. The quantitative estimate of drug-likeness (QED) is 0.664. The Hall–Kier alpha value is -1.60. The van der Waals surface area contributed by atoms with Crippen LogP contribution in [0, 0.1) is 6.92 Å². The molecule has 2 aromatic heterocycles. The Bertz CT molecular complexity index is 688. The monoisotopic (exact) mass is 348 g/mol. The number of anilines is 1. The average Bonchev–Trinajstić information content (AvgIpc) is 3.21. The van der Waals surface area contributed by atoms with Crippen LogP contribution < -0.4 is 5.32 Å². The average molecular weight is 348 g/mol. The van der Waals surface area contributed by atoms with Crippen LogP contribution in [0.15, 0.2) is 28.0 Å². The Balaban J connectivity index is 1.65. The number of aryl methyl sites for hydroxylation is 1. The smallest absolute Gasteiger partial charge is 0.255 e. The van der Waals surface area contributed by atoms with Gasteiger partial charge >= 0.3 is 0 Å². The molecule has 122 valence electrons. The molecular formula is C16H20N4OS2. The maximum atomic E-state index is 12.7. The number of amides is 1. The molecule has 2 aromatic rings. The highest BCUT2D eigenvalue weighted by molar-refractivity contribution is 7.98. The molecular weight excluding hydrogens is 328 g/mol. The summed E-state index contributed by atoms with van der Waals surface area (Å²) < 4.78 is 0. The second-order valence-electron chi connectivity index (χ2n) is 5.57. The third-order valence-electron chi connectivity index (χ3n) is 4.06. The zero-order valence-corrected chi connectivity index (χ0v) is 14.9. The molecule has 0 spiro atoms. The molecule has 0 radical (unpaired) electrons. The van der Waals surface area contributed by atoms with Crippen LogP contribution in [0.2, 0.25) is 0 Å². The molecule has 1 saturated heterocycles. The van der Waals surface area contributed by atoms with Gasteiger partial charge in [-0.25, -0.2) is 9.97 Å². The molecule has 0 bridgehead atoms. The summed E-state index contributed by atoms with van der Waals surface area (Å²) in [6.45, 7) is 3.51. The van der Waals surface area contributed by atoms with Crippen molar-refractivity contribution in [1.82, 2.24) is 14.9 Å². The van der Waals surface area contributed by atoms with Gasteiger partial charge in [-0.2, -0.15) is 11.3 Å². The highest BCUT2D eigenvalue weighted by Crippen LogP contribution is 2.23. The van der Waals surface area contributed by atoms with Gasteiger partial charge < -0.3 is 10.2 Å². The molecule has 5 nitrogen and oxygen atoms in total. The Labute approximate surface area is 144 Å². The highest BCUT2D eigenvalue weighted by atomic mass is 32.2. The number of likely N-dealkylation sites (tertiary alicyclic amines) is 1. The van der Waals surface area contributed by atoms with E-state index < -0.39 is 0 Å². The van der Waals surface area contributed by atoms with Gasteiger partial charge in [0.1, 0.15) is 5.03 Å². The van der Waals surface area contributed by atoms with Crippen molar-refractivity contribution in [1.29, 1.82) is 0 Å². The molecule has 23 heavy (non-hydrogen) atoms. The maximum absolute atomic E-state index is 12.7. The van der Waals surface area contributed by atoms with Crippen molar-refractivity contribution in [3.8, 4) is 0 Å². The van der Waals surface area contributed by atoms with Crippen molar-refractivity contribution in [3.05, 3.63) is 34.2 Å². The fraction of sp³-hybridized carbons (Fsp3) is 0.438. The van der Waals surface area contributed by atoms with Gasteiger partial charge in [0.25, 0.3) is 5.91 Å². The van der Waals surface area contributed by atoms with E-state index in [4.69, 9.17) is 0 Å². The van der Waals surface area contributed by atoms with Crippen LogP contribution in [0.4, 0.5) is 5.95 Å². The van der Waals surface area contributed by atoms with Gasteiger partial charge in [-0.3, -0.25) is 4.79 Å². The third-order valence-corrected chi connectivity index (χ3v) is 5.57. The second kappa shape index (κ2) is 7.31. The van der Waals surface area contributed by atoms with E-state index in [9.17, 15) is 4.79 Å². The van der Waals surface area contributed by atoms with Crippen molar-refractivity contribution in [3.63, 3.8) is 0 Å². The lowest BCUT2D eigenvalue weighted by Gasteiger charge is -2.25. The molecule has 0 aromatic carbocycles. The van der Waals surface area contributed by atoms with Gasteiger partial charge in [0.15, 0.2) is 0 Å². The highest BCUT2D eigenvalue weighted by Gasteiger charge is 2.30. The first-order chi connectivity index (χ1) is 11.2. The molecule has 7 heteroatoms. The minimum absolute atomic E-state index is 0.145. The number of nitrogens with one attached hydrogen (secondary N) is 1. The van der Waals surface area contributed by atoms with E-state index in [1.807, 2.05) is 34.9 Å². The van der Waals surface area contributed by atoms with Crippen LogP contribution in [0.1, 0.15) is 28.8 Å². The first kappa shape index (κ1) is 16.3. The molecule has 1 amide bonds. The molecule has 1 fully saturated rings. The predicted molar refractivity (Wildman–Crippen MR) is 95.4 cm³/mol. The van der Waals surface area contributed by atoms with Crippen molar-refractivity contribution in [2.24, 2.45) is 0 Å². The Kier molecular flexibility index (Phi) is 5.17. The first-order valence-electron chi connectivity index (χ1n) is 7.63. The lowest BCUT2D eigenvalue weighted by atomic mass is 10.1. The van der Waals surface area contributed by atoms with Gasteiger partial charge in [0.2, 0.25) is 5.95 Å². The summed E-state index contributed by atoms with van der Waals surface area (Å²) in [5.74, 6) is 0.773. The standard InChI is InChI=1S/C16H20N4OS2/c1-11-9-23-10-13(11)15(21)20-7-3-4-12(20)8-18-16-17-6-5-14(19-16)22-2/h5-6,9-10,12H,3-4,7-8H2,1-2H3,(H,17,18,19). The van der Waals surface area contributed by atoms with E-state index in [1.165, 1.54) is 0 Å². The Morgan fingerprint density at radius 2 is 2.39 bits per heavy atom. The van der Waals surface area contributed by atoms with Gasteiger partial charge in [-0.1, -0.05) is 0 Å².